The molecule has 0 unspecified atom stereocenters. The Hall–Kier alpha value is -0.370. The number of pyridine rings is 1. The van der Waals surface area contributed by atoms with Crippen molar-refractivity contribution in [3.05, 3.63) is 30.6 Å². The largest absolute Gasteiger partial charge is 1.00 e. The summed E-state index contributed by atoms with van der Waals surface area (Å²) in [4.78, 5) is 0. The summed E-state index contributed by atoms with van der Waals surface area (Å²) in [6.45, 7) is 3.47. The number of nitrogens with zero attached hydrogens (tertiary/aromatic N) is 1. The van der Waals surface area contributed by atoms with E-state index in [1.165, 1.54) is 83.6 Å². The van der Waals surface area contributed by atoms with Gasteiger partial charge in [0, 0.05) is 18.6 Å². The quantitative estimate of drug-likeness (QED) is 0.378. The molecule has 0 saturated heterocycles. The standard InChI is InChI=1S/C19H34N.BrH/c1-2-3-4-5-6-7-8-9-10-11-12-14-17-20-18-15-13-16-19-20;/h13,15-16,18-19H,2-12,14,17H2,1H3;1H/q+1;/p-1. The fourth-order valence-corrected chi connectivity index (χ4v) is 2.72. The summed E-state index contributed by atoms with van der Waals surface area (Å²) in [6, 6.07) is 6.31. The van der Waals surface area contributed by atoms with Crippen molar-refractivity contribution in [3.63, 3.8) is 0 Å². The molecule has 1 aromatic rings. The molecule has 0 aliphatic rings. The molecule has 0 fully saturated rings. The Bertz CT molecular complexity index is 300. The summed E-state index contributed by atoms with van der Waals surface area (Å²) in [6.07, 6.45) is 21.4. The molecule has 122 valence electrons. The van der Waals surface area contributed by atoms with E-state index in [4.69, 9.17) is 0 Å². The minimum Gasteiger partial charge on any atom is -1.00 e. The molecule has 0 N–H and O–H groups in total. The Morgan fingerprint density at radius 3 is 1.48 bits per heavy atom. The van der Waals surface area contributed by atoms with E-state index in [-0.39, 0.29) is 17.0 Å². The van der Waals surface area contributed by atoms with Crippen molar-refractivity contribution in [2.75, 3.05) is 0 Å². The molecule has 1 rings (SSSR count). The number of hydrogen-bond donors (Lipinski definition) is 0. The number of aryl methyl sites for hydroxylation is 1. The fraction of sp³-hybridized carbons (Fsp3) is 0.737. The van der Waals surface area contributed by atoms with Crippen LogP contribution in [-0.4, -0.2) is 0 Å². The molecular weight excluding hydrogens is 322 g/mol. The van der Waals surface area contributed by atoms with Crippen molar-refractivity contribution < 1.29 is 21.5 Å². The van der Waals surface area contributed by atoms with Gasteiger partial charge in [-0.1, -0.05) is 77.2 Å². The lowest BCUT2D eigenvalue weighted by atomic mass is 10.1. The van der Waals surface area contributed by atoms with Gasteiger partial charge in [0.05, 0.1) is 0 Å². The first kappa shape index (κ1) is 20.6. The molecule has 0 aliphatic heterocycles. The summed E-state index contributed by atoms with van der Waals surface area (Å²) >= 11 is 0. The van der Waals surface area contributed by atoms with Crippen LogP contribution in [0.15, 0.2) is 30.6 Å². The van der Waals surface area contributed by atoms with Gasteiger partial charge in [-0.05, 0) is 6.42 Å². The maximum absolute atomic E-state index is 2.29. The van der Waals surface area contributed by atoms with Gasteiger partial charge in [-0.25, -0.2) is 4.57 Å². The van der Waals surface area contributed by atoms with E-state index in [0.717, 1.165) is 0 Å². The van der Waals surface area contributed by atoms with Crippen molar-refractivity contribution in [1.82, 2.24) is 0 Å². The maximum Gasteiger partial charge on any atom is 0.168 e. The molecule has 0 aromatic carbocycles. The van der Waals surface area contributed by atoms with Crippen LogP contribution in [0.1, 0.15) is 84.0 Å². The molecule has 0 radical (unpaired) electrons. The zero-order valence-electron chi connectivity index (χ0n) is 13.9. The second-order valence-electron chi connectivity index (χ2n) is 6.00. The average Bonchev–Trinajstić information content (AvgIpc) is 2.49. The molecule has 1 aromatic heterocycles. The lowest BCUT2D eigenvalue weighted by molar-refractivity contribution is -0.697. The van der Waals surface area contributed by atoms with Gasteiger partial charge in [-0.15, -0.1) is 0 Å². The molecule has 0 amide bonds. The first-order chi connectivity index (χ1) is 9.93. The van der Waals surface area contributed by atoms with E-state index < -0.39 is 0 Å². The fourth-order valence-electron chi connectivity index (χ4n) is 2.72. The van der Waals surface area contributed by atoms with Crippen LogP contribution < -0.4 is 21.5 Å². The van der Waals surface area contributed by atoms with E-state index in [0.29, 0.717) is 0 Å². The Balaban J connectivity index is 0.00000400. The second-order valence-corrected chi connectivity index (χ2v) is 6.00. The third-order valence-corrected chi connectivity index (χ3v) is 4.05. The number of hydrogen-bond acceptors (Lipinski definition) is 0. The predicted molar refractivity (Wildman–Crippen MR) is 87.7 cm³/mol. The highest BCUT2D eigenvalue weighted by Crippen LogP contribution is 2.11. The smallest absolute Gasteiger partial charge is 0.168 e. The van der Waals surface area contributed by atoms with Crippen molar-refractivity contribution >= 4 is 0 Å². The summed E-state index contributed by atoms with van der Waals surface area (Å²) < 4.78 is 2.29. The molecule has 1 heterocycles. The van der Waals surface area contributed by atoms with Crippen LogP contribution in [-0.2, 0) is 6.54 Å². The summed E-state index contributed by atoms with van der Waals surface area (Å²) in [5.74, 6) is 0. The molecule has 0 saturated carbocycles. The van der Waals surface area contributed by atoms with Crippen molar-refractivity contribution in [1.29, 1.82) is 0 Å². The molecule has 1 nitrogen and oxygen atoms in total. The molecular formula is C19H34BrN. The van der Waals surface area contributed by atoms with Gasteiger partial charge in [0.15, 0.2) is 12.4 Å². The van der Waals surface area contributed by atoms with Crippen LogP contribution in [0.25, 0.3) is 0 Å². The van der Waals surface area contributed by atoms with Crippen LogP contribution in [0.5, 0.6) is 0 Å². The molecule has 0 spiro atoms. The third-order valence-electron chi connectivity index (χ3n) is 4.05. The van der Waals surface area contributed by atoms with Crippen LogP contribution in [0.3, 0.4) is 0 Å². The zero-order chi connectivity index (χ0) is 14.3. The Morgan fingerprint density at radius 2 is 1.00 bits per heavy atom. The topological polar surface area (TPSA) is 3.88 Å². The van der Waals surface area contributed by atoms with Gasteiger partial charge >= 0.3 is 0 Å². The van der Waals surface area contributed by atoms with Crippen LogP contribution >= 0.6 is 0 Å². The molecule has 2 heteroatoms. The van der Waals surface area contributed by atoms with Gasteiger partial charge < -0.3 is 17.0 Å². The van der Waals surface area contributed by atoms with E-state index in [1.54, 1.807) is 0 Å². The lowest BCUT2D eigenvalue weighted by Crippen LogP contribution is -3.00. The maximum atomic E-state index is 2.29. The van der Waals surface area contributed by atoms with Crippen LogP contribution in [0.4, 0.5) is 0 Å². The monoisotopic (exact) mass is 355 g/mol. The minimum absolute atomic E-state index is 0. The molecule has 21 heavy (non-hydrogen) atoms. The van der Waals surface area contributed by atoms with Crippen LogP contribution in [0, 0.1) is 0 Å². The van der Waals surface area contributed by atoms with Gasteiger partial charge in [-0.3, -0.25) is 0 Å². The van der Waals surface area contributed by atoms with Crippen LogP contribution in [0.2, 0.25) is 0 Å². The number of unbranched alkanes of at least 4 members (excludes halogenated alkanes) is 11. The van der Waals surface area contributed by atoms with Crippen molar-refractivity contribution in [2.24, 2.45) is 0 Å². The normalized spacial score (nSPS) is 10.3. The highest BCUT2D eigenvalue weighted by atomic mass is 79.9. The first-order valence-corrected chi connectivity index (χ1v) is 8.87. The van der Waals surface area contributed by atoms with Crippen molar-refractivity contribution in [3.8, 4) is 0 Å². The van der Waals surface area contributed by atoms with Gasteiger partial charge in [0.1, 0.15) is 6.54 Å². The van der Waals surface area contributed by atoms with Gasteiger partial charge in [-0.2, -0.15) is 0 Å². The highest BCUT2D eigenvalue weighted by molar-refractivity contribution is 4.83. The Labute approximate surface area is 142 Å². The summed E-state index contributed by atoms with van der Waals surface area (Å²) in [7, 11) is 0. The Kier molecular flexibility index (Phi) is 15.7. The number of rotatable bonds is 13. The zero-order valence-corrected chi connectivity index (χ0v) is 15.5. The van der Waals surface area contributed by atoms with Gasteiger partial charge in [0.2, 0.25) is 0 Å². The minimum atomic E-state index is 0. The Morgan fingerprint density at radius 1 is 0.571 bits per heavy atom. The summed E-state index contributed by atoms with van der Waals surface area (Å²) in [5.41, 5.74) is 0. The van der Waals surface area contributed by atoms with Gasteiger partial charge in [0.25, 0.3) is 0 Å². The SMILES string of the molecule is CCCCCCCCCCCCCC[n+]1ccccc1.[Br-]. The second kappa shape index (κ2) is 16.0. The number of halogens is 1. The van der Waals surface area contributed by atoms with Crippen molar-refractivity contribution in [2.45, 2.75) is 90.5 Å². The first-order valence-electron chi connectivity index (χ1n) is 8.87. The average molecular weight is 356 g/mol. The van der Waals surface area contributed by atoms with E-state index >= 15 is 0 Å². The van der Waals surface area contributed by atoms with E-state index in [2.05, 4.69) is 42.1 Å². The number of aromatic nitrogens is 1. The lowest BCUT2D eigenvalue weighted by Gasteiger charge is -2.02. The van der Waals surface area contributed by atoms with E-state index in [1.807, 2.05) is 0 Å². The molecule has 0 aliphatic carbocycles. The predicted octanol–water partition coefficient (Wildman–Crippen LogP) is 2.68. The van der Waals surface area contributed by atoms with E-state index in [9.17, 15) is 0 Å². The molecule has 0 bridgehead atoms. The highest BCUT2D eigenvalue weighted by Gasteiger charge is 1.97. The third kappa shape index (κ3) is 13.0. The summed E-state index contributed by atoms with van der Waals surface area (Å²) in [5, 5.41) is 0. The molecule has 0 atom stereocenters.